The van der Waals surface area contributed by atoms with Gasteiger partial charge in [-0.15, -0.1) is 0 Å². The number of hydrogen-bond acceptors (Lipinski definition) is 2. The van der Waals surface area contributed by atoms with E-state index in [4.69, 9.17) is 0 Å². The number of hydrogen-bond donors (Lipinski definition) is 1. The number of rotatable bonds is 4. The molecule has 2 aliphatic rings. The van der Waals surface area contributed by atoms with Gasteiger partial charge in [-0.2, -0.15) is 0 Å². The average molecular weight is 210 g/mol. The molecule has 2 heteroatoms. The summed E-state index contributed by atoms with van der Waals surface area (Å²) in [5, 5.41) is 3.64. The molecule has 2 nitrogen and oxygen atoms in total. The van der Waals surface area contributed by atoms with Crippen molar-refractivity contribution in [1.29, 1.82) is 0 Å². The van der Waals surface area contributed by atoms with Crippen molar-refractivity contribution in [3.8, 4) is 0 Å². The Labute approximate surface area is 94.4 Å². The Morgan fingerprint density at radius 1 is 1.33 bits per heavy atom. The second-order valence-corrected chi connectivity index (χ2v) is 5.53. The van der Waals surface area contributed by atoms with E-state index in [0.717, 1.165) is 17.9 Å². The normalized spacial score (nSPS) is 37.6. The van der Waals surface area contributed by atoms with Gasteiger partial charge in [-0.3, -0.25) is 0 Å². The first kappa shape index (κ1) is 11.4. The SMILES string of the molecule is CCCC1CCN(CC2NCCC2C)C1. The maximum Gasteiger partial charge on any atom is 0.0221 e. The van der Waals surface area contributed by atoms with E-state index in [1.54, 1.807) is 0 Å². The van der Waals surface area contributed by atoms with Crippen LogP contribution >= 0.6 is 0 Å². The molecule has 88 valence electrons. The van der Waals surface area contributed by atoms with Crippen molar-refractivity contribution in [1.82, 2.24) is 10.2 Å². The summed E-state index contributed by atoms with van der Waals surface area (Å²) >= 11 is 0. The summed E-state index contributed by atoms with van der Waals surface area (Å²) in [6.07, 6.45) is 5.60. The highest BCUT2D eigenvalue weighted by molar-refractivity contribution is 4.86. The van der Waals surface area contributed by atoms with Crippen LogP contribution in [-0.2, 0) is 0 Å². The first-order valence-corrected chi connectivity index (χ1v) is 6.75. The maximum atomic E-state index is 3.64. The minimum atomic E-state index is 0.769. The summed E-state index contributed by atoms with van der Waals surface area (Å²) < 4.78 is 0. The smallest absolute Gasteiger partial charge is 0.0221 e. The second-order valence-electron chi connectivity index (χ2n) is 5.53. The quantitative estimate of drug-likeness (QED) is 0.764. The van der Waals surface area contributed by atoms with Gasteiger partial charge in [-0.25, -0.2) is 0 Å². The van der Waals surface area contributed by atoms with Gasteiger partial charge in [-0.1, -0.05) is 20.3 Å². The zero-order valence-corrected chi connectivity index (χ0v) is 10.3. The van der Waals surface area contributed by atoms with Crippen molar-refractivity contribution >= 4 is 0 Å². The van der Waals surface area contributed by atoms with Crippen LogP contribution in [0.25, 0.3) is 0 Å². The molecule has 0 spiro atoms. The molecule has 0 saturated carbocycles. The molecule has 0 aromatic heterocycles. The lowest BCUT2D eigenvalue weighted by atomic mass is 10.0. The van der Waals surface area contributed by atoms with Crippen molar-refractivity contribution < 1.29 is 0 Å². The van der Waals surface area contributed by atoms with E-state index < -0.39 is 0 Å². The summed E-state index contributed by atoms with van der Waals surface area (Å²) in [4.78, 5) is 2.68. The molecule has 2 aliphatic heterocycles. The molecule has 3 atom stereocenters. The summed E-state index contributed by atoms with van der Waals surface area (Å²) in [6, 6.07) is 0.769. The minimum absolute atomic E-state index is 0.769. The van der Waals surface area contributed by atoms with Gasteiger partial charge in [0, 0.05) is 19.1 Å². The molecule has 1 N–H and O–H groups in total. The van der Waals surface area contributed by atoms with Crippen molar-refractivity contribution in [2.24, 2.45) is 11.8 Å². The molecule has 3 unspecified atom stereocenters. The summed E-state index contributed by atoms with van der Waals surface area (Å²) in [6.45, 7) is 9.93. The largest absolute Gasteiger partial charge is 0.312 e. The van der Waals surface area contributed by atoms with Crippen LogP contribution in [0, 0.1) is 11.8 Å². The fraction of sp³-hybridized carbons (Fsp3) is 1.00. The van der Waals surface area contributed by atoms with E-state index in [1.165, 1.54) is 51.9 Å². The van der Waals surface area contributed by atoms with E-state index in [2.05, 4.69) is 24.1 Å². The van der Waals surface area contributed by atoms with E-state index in [9.17, 15) is 0 Å². The monoisotopic (exact) mass is 210 g/mol. The third kappa shape index (κ3) is 2.94. The fourth-order valence-electron chi connectivity index (χ4n) is 3.14. The van der Waals surface area contributed by atoms with Gasteiger partial charge in [0.1, 0.15) is 0 Å². The lowest BCUT2D eigenvalue weighted by molar-refractivity contribution is 0.269. The Morgan fingerprint density at radius 3 is 2.87 bits per heavy atom. The summed E-state index contributed by atoms with van der Waals surface area (Å²) in [7, 11) is 0. The average Bonchev–Trinajstić information content (AvgIpc) is 2.79. The Bertz CT molecular complexity index is 193. The number of nitrogens with zero attached hydrogens (tertiary/aromatic N) is 1. The zero-order valence-electron chi connectivity index (χ0n) is 10.3. The first-order chi connectivity index (χ1) is 7.29. The third-order valence-corrected chi connectivity index (χ3v) is 4.21. The lowest BCUT2D eigenvalue weighted by Gasteiger charge is -2.23. The molecule has 2 heterocycles. The predicted octanol–water partition coefficient (Wildman–Crippen LogP) is 2.11. The van der Waals surface area contributed by atoms with Crippen molar-refractivity contribution in [3.05, 3.63) is 0 Å². The topological polar surface area (TPSA) is 15.3 Å². The van der Waals surface area contributed by atoms with Gasteiger partial charge in [0.25, 0.3) is 0 Å². The molecule has 0 radical (unpaired) electrons. The molecular formula is C13H26N2. The highest BCUT2D eigenvalue weighted by atomic mass is 15.2. The highest BCUT2D eigenvalue weighted by Crippen LogP contribution is 2.23. The molecule has 2 fully saturated rings. The molecule has 2 rings (SSSR count). The van der Waals surface area contributed by atoms with Gasteiger partial charge in [-0.05, 0) is 44.2 Å². The van der Waals surface area contributed by atoms with E-state index >= 15 is 0 Å². The third-order valence-electron chi connectivity index (χ3n) is 4.21. The second kappa shape index (κ2) is 5.31. The Kier molecular flexibility index (Phi) is 4.04. The molecular weight excluding hydrogens is 184 g/mol. The molecule has 0 aromatic rings. The van der Waals surface area contributed by atoms with Crippen LogP contribution < -0.4 is 5.32 Å². The molecule has 0 bridgehead atoms. The van der Waals surface area contributed by atoms with Crippen LogP contribution in [0.5, 0.6) is 0 Å². The fourth-order valence-corrected chi connectivity index (χ4v) is 3.14. The van der Waals surface area contributed by atoms with Crippen molar-refractivity contribution in [3.63, 3.8) is 0 Å². The Morgan fingerprint density at radius 2 is 2.20 bits per heavy atom. The molecule has 0 aliphatic carbocycles. The minimum Gasteiger partial charge on any atom is -0.312 e. The van der Waals surface area contributed by atoms with Gasteiger partial charge >= 0.3 is 0 Å². The van der Waals surface area contributed by atoms with Crippen LogP contribution in [0.2, 0.25) is 0 Å². The van der Waals surface area contributed by atoms with Gasteiger partial charge in [0.05, 0.1) is 0 Å². The van der Waals surface area contributed by atoms with Crippen molar-refractivity contribution in [2.45, 2.75) is 45.6 Å². The van der Waals surface area contributed by atoms with Crippen molar-refractivity contribution in [2.75, 3.05) is 26.2 Å². The summed E-state index contributed by atoms with van der Waals surface area (Å²) in [5.74, 6) is 1.88. The first-order valence-electron chi connectivity index (χ1n) is 6.75. The highest BCUT2D eigenvalue weighted by Gasteiger charge is 2.28. The lowest BCUT2D eigenvalue weighted by Crippen LogP contribution is -2.39. The molecule has 0 aromatic carbocycles. The number of nitrogens with one attached hydrogen (secondary N) is 1. The van der Waals surface area contributed by atoms with E-state index in [-0.39, 0.29) is 0 Å². The number of likely N-dealkylation sites (tertiary alicyclic amines) is 1. The zero-order chi connectivity index (χ0) is 10.7. The Balaban J connectivity index is 1.72. The van der Waals surface area contributed by atoms with Crippen LogP contribution in [0.15, 0.2) is 0 Å². The van der Waals surface area contributed by atoms with E-state index in [1.807, 2.05) is 0 Å². The maximum absolute atomic E-state index is 3.64. The van der Waals surface area contributed by atoms with Crippen LogP contribution in [0.1, 0.15) is 39.5 Å². The molecule has 2 saturated heterocycles. The summed E-state index contributed by atoms with van der Waals surface area (Å²) in [5.41, 5.74) is 0. The Hall–Kier alpha value is -0.0800. The predicted molar refractivity (Wildman–Crippen MR) is 65.0 cm³/mol. The van der Waals surface area contributed by atoms with Gasteiger partial charge in [0.2, 0.25) is 0 Å². The van der Waals surface area contributed by atoms with E-state index in [0.29, 0.717) is 0 Å². The molecule has 0 amide bonds. The molecule has 15 heavy (non-hydrogen) atoms. The standard InChI is InChI=1S/C13H26N2/c1-3-4-12-6-8-15(9-12)10-13-11(2)5-7-14-13/h11-14H,3-10H2,1-2H3. The van der Waals surface area contributed by atoms with Crippen LogP contribution in [0.3, 0.4) is 0 Å². The van der Waals surface area contributed by atoms with Gasteiger partial charge in [0.15, 0.2) is 0 Å². The van der Waals surface area contributed by atoms with Crippen LogP contribution in [0.4, 0.5) is 0 Å². The van der Waals surface area contributed by atoms with Gasteiger partial charge < -0.3 is 10.2 Å². The van der Waals surface area contributed by atoms with Crippen LogP contribution in [-0.4, -0.2) is 37.1 Å².